The maximum absolute atomic E-state index is 12.6. The van der Waals surface area contributed by atoms with Gasteiger partial charge < -0.3 is 14.6 Å². The Morgan fingerprint density at radius 3 is 2.58 bits per heavy atom. The van der Waals surface area contributed by atoms with Gasteiger partial charge in [0, 0.05) is 10.0 Å². The van der Waals surface area contributed by atoms with Crippen LogP contribution in [0, 0.1) is 13.8 Å². The zero-order valence-electron chi connectivity index (χ0n) is 17.6. The van der Waals surface area contributed by atoms with Crippen molar-refractivity contribution < 1.29 is 9.53 Å². The van der Waals surface area contributed by atoms with Crippen molar-refractivity contribution in [2.75, 3.05) is 6.61 Å². The van der Waals surface area contributed by atoms with E-state index < -0.39 is 0 Å². The Morgan fingerprint density at radius 1 is 1.03 bits per heavy atom. The largest absolute Gasteiger partial charge is 0.492 e. The molecular formula is C25H24BrN3O2. The monoisotopic (exact) mass is 477 g/mol. The van der Waals surface area contributed by atoms with Crippen LogP contribution in [0.15, 0.2) is 71.2 Å². The molecule has 0 saturated heterocycles. The number of para-hydroxylation sites is 2. The van der Waals surface area contributed by atoms with Crippen LogP contribution in [0.25, 0.3) is 11.0 Å². The molecule has 3 aromatic carbocycles. The minimum Gasteiger partial charge on any atom is -0.492 e. The zero-order chi connectivity index (χ0) is 21.8. The number of hydrogen-bond donors (Lipinski definition) is 1. The number of aryl methyl sites for hydroxylation is 2. The number of nitrogens with one attached hydrogen (secondary N) is 1. The molecule has 0 fully saturated rings. The van der Waals surface area contributed by atoms with Crippen LogP contribution < -0.4 is 10.1 Å². The number of halogens is 1. The van der Waals surface area contributed by atoms with Crippen LogP contribution in [0.1, 0.15) is 27.3 Å². The molecule has 0 bridgehead atoms. The number of carbonyl (C=O) groups excluding carboxylic acids is 1. The maximum Gasteiger partial charge on any atom is 0.251 e. The molecule has 0 saturated carbocycles. The minimum absolute atomic E-state index is 0.133. The quantitative estimate of drug-likeness (QED) is 0.386. The third-order valence-electron chi connectivity index (χ3n) is 5.01. The van der Waals surface area contributed by atoms with Crippen molar-refractivity contribution in [1.29, 1.82) is 0 Å². The molecule has 1 aromatic heterocycles. The van der Waals surface area contributed by atoms with Crippen molar-refractivity contribution in [2.24, 2.45) is 0 Å². The highest BCUT2D eigenvalue weighted by Crippen LogP contribution is 2.19. The summed E-state index contributed by atoms with van der Waals surface area (Å²) in [5, 5.41) is 2.98. The average Bonchev–Trinajstić information content (AvgIpc) is 3.09. The highest BCUT2D eigenvalue weighted by molar-refractivity contribution is 9.10. The van der Waals surface area contributed by atoms with Gasteiger partial charge in [-0.2, -0.15) is 0 Å². The molecule has 1 N–H and O–H groups in total. The summed E-state index contributed by atoms with van der Waals surface area (Å²) in [5.74, 6) is 1.53. The minimum atomic E-state index is -0.133. The van der Waals surface area contributed by atoms with Crippen LogP contribution >= 0.6 is 15.9 Å². The Kier molecular flexibility index (Phi) is 6.37. The fourth-order valence-corrected chi connectivity index (χ4v) is 4.07. The first-order valence-corrected chi connectivity index (χ1v) is 11.0. The summed E-state index contributed by atoms with van der Waals surface area (Å²) in [4.78, 5) is 17.3. The molecule has 0 aliphatic rings. The van der Waals surface area contributed by atoms with E-state index in [9.17, 15) is 4.79 Å². The van der Waals surface area contributed by atoms with Gasteiger partial charge in [-0.1, -0.05) is 40.2 Å². The first-order chi connectivity index (χ1) is 15.0. The second-order valence-corrected chi connectivity index (χ2v) is 8.45. The van der Waals surface area contributed by atoms with Gasteiger partial charge in [0.15, 0.2) is 0 Å². The number of imidazole rings is 1. The molecule has 0 atom stereocenters. The number of carbonyl (C=O) groups is 1. The summed E-state index contributed by atoms with van der Waals surface area (Å²) >= 11 is 3.41. The highest BCUT2D eigenvalue weighted by Gasteiger charge is 2.13. The molecule has 6 heteroatoms. The van der Waals surface area contributed by atoms with Gasteiger partial charge in [0.1, 0.15) is 18.2 Å². The van der Waals surface area contributed by atoms with Gasteiger partial charge in [-0.05, 0) is 67.4 Å². The predicted molar refractivity (Wildman–Crippen MR) is 126 cm³/mol. The summed E-state index contributed by atoms with van der Waals surface area (Å²) in [7, 11) is 0. The van der Waals surface area contributed by atoms with Crippen LogP contribution in [0.5, 0.6) is 5.75 Å². The van der Waals surface area contributed by atoms with Crippen molar-refractivity contribution in [3.63, 3.8) is 0 Å². The van der Waals surface area contributed by atoms with Crippen molar-refractivity contribution in [2.45, 2.75) is 26.9 Å². The second-order valence-electron chi connectivity index (χ2n) is 7.53. The molecule has 0 unspecified atom stereocenters. The summed E-state index contributed by atoms with van der Waals surface area (Å²) < 4.78 is 8.99. The second kappa shape index (κ2) is 9.35. The lowest BCUT2D eigenvalue weighted by atomic mass is 10.1. The summed E-state index contributed by atoms with van der Waals surface area (Å²) in [5.41, 5.74) is 4.90. The van der Waals surface area contributed by atoms with Gasteiger partial charge in [0.2, 0.25) is 0 Å². The lowest BCUT2D eigenvalue weighted by molar-refractivity contribution is 0.0949. The topological polar surface area (TPSA) is 56.1 Å². The van der Waals surface area contributed by atoms with Crippen LogP contribution in [0.3, 0.4) is 0 Å². The van der Waals surface area contributed by atoms with E-state index in [2.05, 4.69) is 45.7 Å². The Morgan fingerprint density at radius 2 is 1.81 bits per heavy atom. The molecule has 4 aromatic rings. The fraction of sp³-hybridized carbons (Fsp3) is 0.200. The van der Waals surface area contributed by atoms with E-state index in [1.165, 1.54) is 11.1 Å². The third kappa shape index (κ3) is 5.14. The Bertz CT molecular complexity index is 1210. The van der Waals surface area contributed by atoms with E-state index in [0.717, 1.165) is 27.1 Å². The van der Waals surface area contributed by atoms with E-state index in [-0.39, 0.29) is 5.91 Å². The number of aromatic nitrogens is 2. The number of hydrogen-bond acceptors (Lipinski definition) is 3. The van der Waals surface area contributed by atoms with E-state index in [1.54, 1.807) is 12.1 Å². The number of rotatable bonds is 7. The molecular weight excluding hydrogens is 454 g/mol. The van der Waals surface area contributed by atoms with Gasteiger partial charge in [-0.25, -0.2) is 4.98 Å². The number of nitrogens with zero attached hydrogens (tertiary/aromatic N) is 2. The third-order valence-corrected chi connectivity index (χ3v) is 5.50. The summed E-state index contributed by atoms with van der Waals surface area (Å²) in [6.07, 6.45) is 0. The Balaban J connectivity index is 1.49. The van der Waals surface area contributed by atoms with Crippen molar-refractivity contribution >= 4 is 32.9 Å². The van der Waals surface area contributed by atoms with Gasteiger partial charge in [-0.3, -0.25) is 4.79 Å². The van der Waals surface area contributed by atoms with Crippen molar-refractivity contribution in [1.82, 2.24) is 14.9 Å². The zero-order valence-corrected chi connectivity index (χ0v) is 19.1. The van der Waals surface area contributed by atoms with Crippen LogP contribution in [-0.2, 0) is 13.1 Å². The number of ether oxygens (including phenoxy) is 1. The van der Waals surface area contributed by atoms with E-state index in [1.807, 2.05) is 48.5 Å². The fourth-order valence-electron chi connectivity index (χ4n) is 3.67. The molecule has 1 heterocycles. The van der Waals surface area contributed by atoms with Crippen LogP contribution in [0.2, 0.25) is 0 Å². The van der Waals surface area contributed by atoms with E-state index in [4.69, 9.17) is 9.72 Å². The Labute approximate surface area is 190 Å². The van der Waals surface area contributed by atoms with Gasteiger partial charge in [-0.15, -0.1) is 0 Å². The van der Waals surface area contributed by atoms with Crippen molar-refractivity contribution in [3.05, 3.63) is 93.7 Å². The molecule has 4 rings (SSSR count). The normalized spacial score (nSPS) is 10.9. The smallest absolute Gasteiger partial charge is 0.251 e. The van der Waals surface area contributed by atoms with E-state index in [0.29, 0.717) is 25.3 Å². The lowest BCUT2D eigenvalue weighted by Crippen LogP contribution is -2.25. The summed E-state index contributed by atoms with van der Waals surface area (Å²) in [6.45, 7) is 5.61. The SMILES string of the molecule is Cc1cc(C)cc(OCCn2c(CNC(=O)c3cccc(Br)c3)nc3ccccc32)c1. The van der Waals surface area contributed by atoms with E-state index >= 15 is 0 Å². The molecule has 158 valence electrons. The Hall–Kier alpha value is -3.12. The van der Waals surface area contributed by atoms with Gasteiger partial charge >= 0.3 is 0 Å². The average molecular weight is 478 g/mol. The summed E-state index contributed by atoms with van der Waals surface area (Å²) in [6, 6.07) is 21.5. The molecule has 0 aliphatic carbocycles. The molecule has 1 amide bonds. The first-order valence-electron chi connectivity index (χ1n) is 10.2. The molecule has 5 nitrogen and oxygen atoms in total. The maximum atomic E-state index is 12.6. The molecule has 0 aliphatic heterocycles. The van der Waals surface area contributed by atoms with Gasteiger partial charge in [0.25, 0.3) is 5.91 Å². The van der Waals surface area contributed by atoms with Crippen LogP contribution in [-0.4, -0.2) is 22.1 Å². The van der Waals surface area contributed by atoms with Gasteiger partial charge in [0.05, 0.1) is 24.1 Å². The predicted octanol–water partition coefficient (Wildman–Crippen LogP) is 5.42. The lowest BCUT2D eigenvalue weighted by Gasteiger charge is -2.12. The standard InChI is InChI=1S/C25H24BrN3O2/c1-17-12-18(2)14-21(13-17)31-11-10-29-23-9-4-3-8-22(23)28-24(29)16-27-25(30)19-6-5-7-20(26)15-19/h3-9,12-15H,10-11,16H2,1-2H3,(H,27,30). The molecule has 0 spiro atoms. The number of benzene rings is 3. The number of fused-ring (bicyclic) bond motifs is 1. The molecule has 0 radical (unpaired) electrons. The highest BCUT2D eigenvalue weighted by atomic mass is 79.9. The molecule has 31 heavy (non-hydrogen) atoms. The van der Waals surface area contributed by atoms with Crippen molar-refractivity contribution in [3.8, 4) is 5.75 Å². The van der Waals surface area contributed by atoms with Crippen LogP contribution in [0.4, 0.5) is 0 Å². The number of amides is 1. The first kappa shape index (κ1) is 21.1.